The van der Waals surface area contributed by atoms with Gasteiger partial charge >= 0.3 is 0 Å². The molecule has 0 atom stereocenters. The van der Waals surface area contributed by atoms with E-state index in [0.29, 0.717) is 17.8 Å². The average Bonchev–Trinajstić information content (AvgIpc) is 3.17. The molecule has 0 spiro atoms. The van der Waals surface area contributed by atoms with E-state index in [1.165, 1.54) is 0 Å². The Kier molecular flexibility index (Phi) is 4.70. The highest BCUT2D eigenvalue weighted by Crippen LogP contribution is 2.15. The number of rotatable bonds is 5. The van der Waals surface area contributed by atoms with Crippen LogP contribution in [0.25, 0.3) is 0 Å². The Balaban J connectivity index is 1.72. The fourth-order valence-electron chi connectivity index (χ4n) is 2.83. The third-order valence-corrected chi connectivity index (χ3v) is 4.37. The van der Waals surface area contributed by atoms with Gasteiger partial charge in [0.25, 0.3) is 5.91 Å². The first-order chi connectivity index (χ1) is 12.0. The topological polar surface area (TPSA) is 64.7 Å². The Morgan fingerprint density at radius 1 is 1.16 bits per heavy atom. The molecule has 1 aromatic carbocycles. The van der Waals surface area contributed by atoms with Crippen LogP contribution in [-0.4, -0.2) is 25.5 Å². The van der Waals surface area contributed by atoms with Crippen LogP contribution in [-0.2, 0) is 13.1 Å². The number of benzene rings is 1. The van der Waals surface area contributed by atoms with Crippen LogP contribution in [0.4, 0.5) is 5.69 Å². The molecule has 2 heterocycles. The molecule has 6 heteroatoms. The molecule has 25 heavy (non-hydrogen) atoms. The number of hydrogen-bond donors (Lipinski definition) is 1. The van der Waals surface area contributed by atoms with Crippen molar-refractivity contribution in [1.29, 1.82) is 0 Å². The molecule has 0 saturated carbocycles. The third kappa shape index (κ3) is 3.63. The van der Waals surface area contributed by atoms with Crippen molar-refractivity contribution in [2.45, 2.75) is 40.8 Å². The number of nitrogens with zero attached hydrogens (tertiary/aromatic N) is 4. The lowest BCUT2D eigenvalue weighted by Crippen LogP contribution is -2.13. The second kappa shape index (κ2) is 6.93. The SMILES string of the molecule is CCn1ncc(Cn2cc(NC(=O)c3cc(C)ccc3C)cn2)c1C. The summed E-state index contributed by atoms with van der Waals surface area (Å²) in [6.07, 6.45) is 5.38. The fraction of sp³-hybridized carbons (Fsp3) is 0.316. The number of anilines is 1. The summed E-state index contributed by atoms with van der Waals surface area (Å²) in [6, 6.07) is 5.86. The van der Waals surface area contributed by atoms with Crippen LogP contribution >= 0.6 is 0 Å². The largest absolute Gasteiger partial charge is 0.319 e. The molecule has 0 aliphatic heterocycles. The van der Waals surface area contributed by atoms with Gasteiger partial charge in [0.05, 0.1) is 24.6 Å². The number of hydrogen-bond acceptors (Lipinski definition) is 3. The van der Waals surface area contributed by atoms with Gasteiger partial charge in [0.15, 0.2) is 0 Å². The summed E-state index contributed by atoms with van der Waals surface area (Å²) in [7, 11) is 0. The highest BCUT2D eigenvalue weighted by Gasteiger charge is 2.12. The number of aromatic nitrogens is 4. The zero-order chi connectivity index (χ0) is 18.0. The summed E-state index contributed by atoms with van der Waals surface area (Å²) in [6.45, 7) is 9.52. The summed E-state index contributed by atoms with van der Waals surface area (Å²) in [4.78, 5) is 12.5. The maximum atomic E-state index is 12.5. The Labute approximate surface area is 147 Å². The smallest absolute Gasteiger partial charge is 0.256 e. The molecule has 0 bridgehead atoms. The first-order valence-electron chi connectivity index (χ1n) is 8.40. The summed E-state index contributed by atoms with van der Waals surface area (Å²) in [5.41, 5.74) is 5.66. The van der Waals surface area contributed by atoms with Crippen molar-refractivity contribution in [3.05, 3.63) is 64.7 Å². The van der Waals surface area contributed by atoms with Crippen LogP contribution in [0.3, 0.4) is 0 Å². The average molecular weight is 337 g/mol. The lowest BCUT2D eigenvalue weighted by Gasteiger charge is -2.07. The predicted octanol–water partition coefficient (Wildman–Crippen LogP) is 3.33. The Morgan fingerprint density at radius 3 is 2.68 bits per heavy atom. The van der Waals surface area contributed by atoms with Gasteiger partial charge in [-0.05, 0) is 39.3 Å². The van der Waals surface area contributed by atoms with Gasteiger partial charge in [-0.25, -0.2) is 0 Å². The molecule has 2 aromatic heterocycles. The molecule has 6 nitrogen and oxygen atoms in total. The Morgan fingerprint density at radius 2 is 1.96 bits per heavy atom. The van der Waals surface area contributed by atoms with Crippen LogP contribution in [0.15, 0.2) is 36.8 Å². The first kappa shape index (κ1) is 17.0. The van der Waals surface area contributed by atoms with E-state index in [1.807, 2.05) is 53.8 Å². The van der Waals surface area contributed by atoms with Crippen molar-refractivity contribution in [2.75, 3.05) is 5.32 Å². The number of carbonyl (C=O) groups is 1. The monoisotopic (exact) mass is 337 g/mol. The van der Waals surface area contributed by atoms with Gasteiger partial charge in [-0.15, -0.1) is 0 Å². The van der Waals surface area contributed by atoms with Crippen molar-refractivity contribution in [1.82, 2.24) is 19.6 Å². The van der Waals surface area contributed by atoms with Crippen LogP contribution < -0.4 is 5.32 Å². The molecule has 0 radical (unpaired) electrons. The molecule has 0 saturated heterocycles. The molecule has 1 N–H and O–H groups in total. The summed E-state index contributed by atoms with van der Waals surface area (Å²) < 4.78 is 3.77. The first-order valence-corrected chi connectivity index (χ1v) is 8.40. The van der Waals surface area contributed by atoms with Gasteiger partial charge in [-0.3, -0.25) is 14.2 Å². The molecule has 130 valence electrons. The molecule has 0 fully saturated rings. The van der Waals surface area contributed by atoms with Crippen molar-refractivity contribution < 1.29 is 4.79 Å². The fourth-order valence-corrected chi connectivity index (χ4v) is 2.83. The van der Waals surface area contributed by atoms with Crippen LogP contribution in [0, 0.1) is 20.8 Å². The van der Waals surface area contributed by atoms with E-state index in [1.54, 1.807) is 6.20 Å². The number of amides is 1. The van der Waals surface area contributed by atoms with Gasteiger partial charge in [0.2, 0.25) is 0 Å². The molecule has 0 unspecified atom stereocenters. The maximum absolute atomic E-state index is 12.5. The maximum Gasteiger partial charge on any atom is 0.256 e. The zero-order valence-corrected chi connectivity index (χ0v) is 15.1. The van der Waals surface area contributed by atoms with Gasteiger partial charge in [-0.2, -0.15) is 10.2 Å². The van der Waals surface area contributed by atoms with E-state index in [2.05, 4.69) is 29.4 Å². The minimum Gasteiger partial charge on any atom is -0.319 e. The molecule has 0 aliphatic carbocycles. The van der Waals surface area contributed by atoms with E-state index in [9.17, 15) is 4.79 Å². The van der Waals surface area contributed by atoms with Gasteiger partial charge < -0.3 is 5.32 Å². The second-order valence-electron chi connectivity index (χ2n) is 6.27. The predicted molar refractivity (Wildman–Crippen MR) is 97.8 cm³/mol. The quantitative estimate of drug-likeness (QED) is 0.777. The van der Waals surface area contributed by atoms with Crippen LogP contribution in [0.5, 0.6) is 0 Å². The highest BCUT2D eigenvalue weighted by atomic mass is 16.1. The second-order valence-corrected chi connectivity index (χ2v) is 6.27. The minimum absolute atomic E-state index is 0.115. The van der Waals surface area contributed by atoms with Gasteiger partial charge in [0.1, 0.15) is 0 Å². The van der Waals surface area contributed by atoms with Crippen molar-refractivity contribution in [2.24, 2.45) is 0 Å². The van der Waals surface area contributed by atoms with Crippen LogP contribution in [0.1, 0.15) is 39.7 Å². The summed E-state index contributed by atoms with van der Waals surface area (Å²) in [5.74, 6) is -0.115. The van der Waals surface area contributed by atoms with Crippen molar-refractivity contribution in [3.8, 4) is 0 Å². The summed E-state index contributed by atoms with van der Waals surface area (Å²) >= 11 is 0. The Hall–Kier alpha value is -2.89. The van der Waals surface area contributed by atoms with Gasteiger partial charge in [-0.1, -0.05) is 17.7 Å². The van der Waals surface area contributed by atoms with E-state index < -0.39 is 0 Å². The van der Waals surface area contributed by atoms with Gasteiger partial charge in [0, 0.05) is 29.6 Å². The zero-order valence-electron chi connectivity index (χ0n) is 15.1. The molecular formula is C19H23N5O. The lowest BCUT2D eigenvalue weighted by molar-refractivity contribution is 0.102. The number of aryl methyl sites for hydroxylation is 3. The van der Waals surface area contributed by atoms with Crippen molar-refractivity contribution in [3.63, 3.8) is 0 Å². The standard InChI is InChI=1S/C19H23N5O/c1-5-24-15(4)16(9-21-24)11-23-12-17(10-20-23)22-19(25)18-8-13(2)6-7-14(18)3/h6-10,12H,5,11H2,1-4H3,(H,22,25). The Bertz CT molecular complexity index is 906. The third-order valence-electron chi connectivity index (χ3n) is 4.37. The highest BCUT2D eigenvalue weighted by molar-refractivity contribution is 6.05. The number of carbonyl (C=O) groups excluding carboxylic acids is 1. The van der Waals surface area contributed by atoms with E-state index >= 15 is 0 Å². The number of nitrogens with one attached hydrogen (secondary N) is 1. The van der Waals surface area contributed by atoms with Crippen LogP contribution in [0.2, 0.25) is 0 Å². The summed E-state index contributed by atoms with van der Waals surface area (Å²) in [5, 5.41) is 11.6. The normalized spacial score (nSPS) is 10.9. The minimum atomic E-state index is -0.115. The molecular weight excluding hydrogens is 314 g/mol. The van der Waals surface area contributed by atoms with E-state index in [4.69, 9.17) is 0 Å². The lowest BCUT2D eigenvalue weighted by atomic mass is 10.1. The van der Waals surface area contributed by atoms with Crippen molar-refractivity contribution >= 4 is 11.6 Å². The molecule has 0 aliphatic rings. The molecule has 1 amide bonds. The molecule has 3 aromatic rings. The van der Waals surface area contributed by atoms with E-state index in [0.717, 1.165) is 28.9 Å². The van der Waals surface area contributed by atoms with E-state index in [-0.39, 0.29) is 5.91 Å². The molecule has 3 rings (SSSR count).